The van der Waals surface area contributed by atoms with Gasteiger partial charge in [0.15, 0.2) is 0 Å². The van der Waals surface area contributed by atoms with Crippen molar-refractivity contribution < 1.29 is 4.79 Å². The molecule has 3 heteroatoms. The van der Waals surface area contributed by atoms with Crippen LogP contribution in [0.3, 0.4) is 0 Å². The van der Waals surface area contributed by atoms with E-state index in [0.717, 1.165) is 6.42 Å². The minimum Gasteiger partial charge on any atom is -0.319 e. The lowest BCUT2D eigenvalue weighted by molar-refractivity contribution is -0.131. The first-order valence-electron chi connectivity index (χ1n) is 7.63. The van der Waals surface area contributed by atoms with Crippen LogP contribution < -0.4 is 5.32 Å². The molecule has 2 rings (SSSR count). The standard InChI is InChI=1S/C17H26N2O/c1-6-12(4)19-16(18-13(5)17(19)20)15-9-7-14(8-10-15)11(2)3/h7-13,16,18H,6H2,1-5H3. The summed E-state index contributed by atoms with van der Waals surface area (Å²) in [6, 6.07) is 8.79. The highest BCUT2D eigenvalue weighted by molar-refractivity contribution is 5.84. The Kier molecular flexibility index (Phi) is 4.48. The van der Waals surface area contributed by atoms with E-state index in [9.17, 15) is 4.79 Å². The lowest BCUT2D eigenvalue weighted by Crippen LogP contribution is -2.37. The molecular weight excluding hydrogens is 248 g/mol. The molecule has 1 fully saturated rings. The Bertz CT molecular complexity index is 466. The van der Waals surface area contributed by atoms with Gasteiger partial charge in [-0.3, -0.25) is 10.1 Å². The van der Waals surface area contributed by atoms with E-state index in [1.54, 1.807) is 0 Å². The maximum absolute atomic E-state index is 12.3. The molecule has 1 aromatic carbocycles. The molecule has 110 valence electrons. The Morgan fingerprint density at radius 2 is 1.80 bits per heavy atom. The summed E-state index contributed by atoms with van der Waals surface area (Å²) < 4.78 is 0. The SMILES string of the molecule is CCC(C)N1C(=O)C(C)NC1c1ccc(C(C)C)cc1. The molecule has 1 saturated heterocycles. The van der Waals surface area contributed by atoms with Crippen molar-refractivity contribution in [3.05, 3.63) is 35.4 Å². The molecule has 1 aromatic rings. The number of nitrogens with one attached hydrogen (secondary N) is 1. The van der Waals surface area contributed by atoms with Gasteiger partial charge in [-0.25, -0.2) is 0 Å². The third kappa shape index (κ3) is 2.73. The number of carbonyl (C=O) groups excluding carboxylic acids is 1. The van der Waals surface area contributed by atoms with Crippen LogP contribution in [-0.4, -0.2) is 22.9 Å². The van der Waals surface area contributed by atoms with Gasteiger partial charge in [-0.15, -0.1) is 0 Å². The van der Waals surface area contributed by atoms with Crippen molar-refractivity contribution in [3.8, 4) is 0 Å². The first-order chi connectivity index (χ1) is 9.45. The highest BCUT2D eigenvalue weighted by atomic mass is 16.2. The van der Waals surface area contributed by atoms with E-state index in [4.69, 9.17) is 0 Å². The van der Waals surface area contributed by atoms with Crippen molar-refractivity contribution in [1.29, 1.82) is 0 Å². The lowest BCUT2D eigenvalue weighted by Gasteiger charge is -2.30. The van der Waals surface area contributed by atoms with Crippen LogP contribution in [-0.2, 0) is 4.79 Å². The van der Waals surface area contributed by atoms with E-state index >= 15 is 0 Å². The van der Waals surface area contributed by atoms with Gasteiger partial charge in [-0.05, 0) is 37.3 Å². The van der Waals surface area contributed by atoms with Crippen LogP contribution >= 0.6 is 0 Å². The maximum Gasteiger partial charge on any atom is 0.241 e. The molecule has 20 heavy (non-hydrogen) atoms. The van der Waals surface area contributed by atoms with Crippen molar-refractivity contribution in [2.45, 2.75) is 65.2 Å². The van der Waals surface area contributed by atoms with E-state index in [-0.39, 0.29) is 24.2 Å². The zero-order valence-electron chi connectivity index (χ0n) is 13.2. The summed E-state index contributed by atoms with van der Waals surface area (Å²) in [5, 5.41) is 3.41. The number of carbonyl (C=O) groups is 1. The average molecular weight is 274 g/mol. The Balaban J connectivity index is 2.27. The summed E-state index contributed by atoms with van der Waals surface area (Å²) in [4.78, 5) is 14.3. The summed E-state index contributed by atoms with van der Waals surface area (Å²) in [5.41, 5.74) is 2.51. The molecule has 3 atom stereocenters. The minimum atomic E-state index is -0.0984. The van der Waals surface area contributed by atoms with Crippen molar-refractivity contribution in [2.24, 2.45) is 0 Å². The van der Waals surface area contributed by atoms with Crippen molar-refractivity contribution in [2.75, 3.05) is 0 Å². The largest absolute Gasteiger partial charge is 0.319 e. The minimum absolute atomic E-state index is 0.00802. The molecule has 0 saturated carbocycles. The molecule has 1 heterocycles. The maximum atomic E-state index is 12.3. The first kappa shape index (κ1) is 15.0. The van der Waals surface area contributed by atoms with Gasteiger partial charge in [0.25, 0.3) is 0 Å². The summed E-state index contributed by atoms with van der Waals surface area (Å²) in [7, 11) is 0. The van der Waals surface area contributed by atoms with Gasteiger partial charge in [0.1, 0.15) is 6.17 Å². The third-order valence-electron chi connectivity index (χ3n) is 4.30. The van der Waals surface area contributed by atoms with Gasteiger partial charge in [0.05, 0.1) is 6.04 Å². The molecule has 0 radical (unpaired) electrons. The monoisotopic (exact) mass is 274 g/mol. The quantitative estimate of drug-likeness (QED) is 0.912. The fourth-order valence-corrected chi connectivity index (χ4v) is 2.73. The van der Waals surface area contributed by atoms with E-state index in [2.05, 4.69) is 57.3 Å². The van der Waals surface area contributed by atoms with E-state index in [1.807, 2.05) is 11.8 Å². The molecule has 1 amide bonds. The Hall–Kier alpha value is -1.35. The van der Waals surface area contributed by atoms with Gasteiger partial charge in [-0.2, -0.15) is 0 Å². The number of benzene rings is 1. The summed E-state index contributed by atoms with van der Waals surface area (Å²) in [6.45, 7) is 10.6. The van der Waals surface area contributed by atoms with Crippen LogP contribution in [0.25, 0.3) is 0 Å². The predicted molar refractivity (Wildman–Crippen MR) is 82.5 cm³/mol. The van der Waals surface area contributed by atoms with Crippen molar-refractivity contribution in [3.63, 3.8) is 0 Å². The van der Waals surface area contributed by atoms with Crippen LogP contribution in [0.15, 0.2) is 24.3 Å². The van der Waals surface area contributed by atoms with Gasteiger partial charge in [0.2, 0.25) is 5.91 Å². The molecule has 1 aliphatic heterocycles. The molecule has 1 aliphatic rings. The molecular formula is C17H26N2O. The average Bonchev–Trinajstić information content (AvgIpc) is 2.74. The summed E-state index contributed by atoms with van der Waals surface area (Å²) in [6.07, 6.45) is 0.981. The highest BCUT2D eigenvalue weighted by Crippen LogP contribution is 2.29. The zero-order valence-corrected chi connectivity index (χ0v) is 13.2. The van der Waals surface area contributed by atoms with Gasteiger partial charge < -0.3 is 4.90 Å². The number of amides is 1. The Morgan fingerprint density at radius 3 is 2.30 bits per heavy atom. The summed E-state index contributed by atoms with van der Waals surface area (Å²) >= 11 is 0. The highest BCUT2D eigenvalue weighted by Gasteiger charge is 2.39. The second-order valence-electron chi connectivity index (χ2n) is 6.12. The molecule has 0 bridgehead atoms. The normalized spacial score (nSPS) is 24.5. The number of hydrogen-bond donors (Lipinski definition) is 1. The molecule has 0 aromatic heterocycles. The second-order valence-corrected chi connectivity index (χ2v) is 6.12. The summed E-state index contributed by atoms with van der Waals surface area (Å²) in [5.74, 6) is 0.740. The van der Waals surface area contributed by atoms with Gasteiger partial charge in [-0.1, -0.05) is 45.0 Å². The Labute approximate surface area is 122 Å². The van der Waals surface area contributed by atoms with Crippen LogP contribution in [0.2, 0.25) is 0 Å². The topological polar surface area (TPSA) is 32.3 Å². The molecule has 1 N–H and O–H groups in total. The van der Waals surface area contributed by atoms with Crippen LogP contribution in [0.4, 0.5) is 0 Å². The van der Waals surface area contributed by atoms with Gasteiger partial charge in [0, 0.05) is 6.04 Å². The van der Waals surface area contributed by atoms with Crippen LogP contribution in [0, 0.1) is 0 Å². The fraction of sp³-hybridized carbons (Fsp3) is 0.588. The van der Waals surface area contributed by atoms with Crippen molar-refractivity contribution in [1.82, 2.24) is 10.2 Å². The fourth-order valence-electron chi connectivity index (χ4n) is 2.73. The first-order valence-corrected chi connectivity index (χ1v) is 7.63. The number of rotatable bonds is 4. The van der Waals surface area contributed by atoms with E-state index in [1.165, 1.54) is 11.1 Å². The van der Waals surface area contributed by atoms with E-state index < -0.39 is 0 Å². The Morgan fingerprint density at radius 1 is 1.20 bits per heavy atom. The van der Waals surface area contributed by atoms with Gasteiger partial charge >= 0.3 is 0 Å². The smallest absolute Gasteiger partial charge is 0.241 e. The lowest BCUT2D eigenvalue weighted by atomic mass is 10.0. The number of hydrogen-bond acceptors (Lipinski definition) is 2. The number of nitrogens with zero attached hydrogens (tertiary/aromatic N) is 1. The predicted octanol–water partition coefficient (Wildman–Crippen LogP) is 3.43. The second kappa shape index (κ2) is 5.96. The molecule has 0 aliphatic carbocycles. The van der Waals surface area contributed by atoms with E-state index in [0.29, 0.717) is 5.92 Å². The molecule has 3 nitrogen and oxygen atoms in total. The van der Waals surface area contributed by atoms with Crippen LogP contribution in [0.1, 0.15) is 64.3 Å². The van der Waals surface area contributed by atoms with Crippen LogP contribution in [0.5, 0.6) is 0 Å². The molecule has 0 spiro atoms. The third-order valence-corrected chi connectivity index (χ3v) is 4.30. The molecule has 3 unspecified atom stereocenters. The zero-order chi connectivity index (χ0) is 14.9. The van der Waals surface area contributed by atoms with Crippen molar-refractivity contribution >= 4 is 5.91 Å².